The van der Waals surface area contributed by atoms with Crippen molar-refractivity contribution < 1.29 is 9.53 Å². The molecule has 0 bridgehead atoms. The van der Waals surface area contributed by atoms with Crippen molar-refractivity contribution >= 4 is 21.8 Å². The molecule has 0 fully saturated rings. The highest BCUT2D eigenvalue weighted by atomic mass is 79.9. The highest BCUT2D eigenvalue weighted by Gasteiger charge is 2.12. The maximum atomic E-state index is 11.3. The number of aryl methyl sites for hydroxylation is 1. The van der Waals surface area contributed by atoms with Crippen molar-refractivity contribution in [3.05, 3.63) is 46.3 Å². The van der Waals surface area contributed by atoms with Gasteiger partial charge in [0.05, 0.1) is 6.20 Å². The minimum Gasteiger partial charge on any atom is -0.437 e. The van der Waals surface area contributed by atoms with Crippen molar-refractivity contribution in [3.8, 4) is 11.6 Å². The van der Waals surface area contributed by atoms with E-state index in [9.17, 15) is 4.79 Å². The second kappa shape index (κ2) is 5.14. The van der Waals surface area contributed by atoms with E-state index in [0.717, 1.165) is 10.2 Å². The quantitative estimate of drug-likeness (QED) is 0.944. The van der Waals surface area contributed by atoms with Gasteiger partial charge in [-0.05, 0) is 41.1 Å². The smallest absolute Gasteiger partial charge is 0.254 e. The number of halogens is 1. The molecule has 0 aromatic carbocycles. The topological polar surface area (TPSA) is 78.1 Å². The van der Waals surface area contributed by atoms with E-state index in [1.54, 1.807) is 31.3 Å². The third kappa shape index (κ3) is 2.84. The fraction of sp³-hybridized carbons (Fsp3) is 0.0833. The van der Waals surface area contributed by atoms with Crippen LogP contribution in [0.25, 0.3) is 0 Å². The van der Waals surface area contributed by atoms with Crippen LogP contribution in [-0.2, 0) is 0 Å². The van der Waals surface area contributed by atoms with Crippen molar-refractivity contribution in [2.24, 2.45) is 5.73 Å². The van der Waals surface area contributed by atoms with E-state index < -0.39 is 5.91 Å². The number of carbonyl (C=O) groups excluding carboxylic acids is 1. The molecule has 0 spiro atoms. The number of amides is 1. The first-order valence-corrected chi connectivity index (χ1v) is 5.91. The van der Waals surface area contributed by atoms with Crippen molar-refractivity contribution in [1.82, 2.24) is 9.97 Å². The van der Waals surface area contributed by atoms with E-state index in [-0.39, 0.29) is 11.4 Å². The summed E-state index contributed by atoms with van der Waals surface area (Å²) in [6.07, 6.45) is 3.16. The lowest BCUT2D eigenvalue weighted by atomic mass is 10.2. The molecule has 2 rings (SSSR count). The predicted molar refractivity (Wildman–Crippen MR) is 69.5 cm³/mol. The molecule has 0 aliphatic carbocycles. The Balaban J connectivity index is 2.39. The normalized spacial score (nSPS) is 10.1. The summed E-state index contributed by atoms with van der Waals surface area (Å²) < 4.78 is 6.30. The number of pyridine rings is 2. The van der Waals surface area contributed by atoms with Crippen LogP contribution in [0.3, 0.4) is 0 Å². The number of nitrogens with zero attached hydrogens (tertiary/aromatic N) is 2. The molecule has 2 N–H and O–H groups in total. The van der Waals surface area contributed by atoms with Gasteiger partial charge in [-0.2, -0.15) is 0 Å². The Bertz CT molecular complexity index is 602. The SMILES string of the molecule is Cc1ccc(C(N)=O)c(Oc2cncc(Br)c2)n1. The zero-order chi connectivity index (χ0) is 13.1. The van der Waals surface area contributed by atoms with Gasteiger partial charge < -0.3 is 10.5 Å². The summed E-state index contributed by atoms with van der Waals surface area (Å²) in [5.74, 6) is 0.0767. The van der Waals surface area contributed by atoms with E-state index in [1.165, 1.54) is 6.20 Å². The largest absolute Gasteiger partial charge is 0.437 e. The van der Waals surface area contributed by atoms with Crippen LogP contribution in [0, 0.1) is 6.92 Å². The second-order valence-electron chi connectivity index (χ2n) is 3.61. The van der Waals surface area contributed by atoms with Crippen LogP contribution >= 0.6 is 15.9 Å². The van der Waals surface area contributed by atoms with Gasteiger partial charge >= 0.3 is 0 Å². The van der Waals surface area contributed by atoms with Crippen LogP contribution < -0.4 is 10.5 Å². The number of aromatic nitrogens is 2. The Morgan fingerprint density at radius 3 is 2.83 bits per heavy atom. The molecule has 92 valence electrons. The first-order valence-electron chi connectivity index (χ1n) is 5.12. The van der Waals surface area contributed by atoms with Gasteiger partial charge in [0.2, 0.25) is 5.88 Å². The Labute approximate surface area is 112 Å². The van der Waals surface area contributed by atoms with Gasteiger partial charge in [-0.15, -0.1) is 0 Å². The molecule has 5 nitrogen and oxygen atoms in total. The lowest BCUT2D eigenvalue weighted by Gasteiger charge is -2.08. The lowest BCUT2D eigenvalue weighted by molar-refractivity contribution is 0.0997. The zero-order valence-corrected chi connectivity index (χ0v) is 11.1. The van der Waals surface area contributed by atoms with Gasteiger partial charge in [0.1, 0.15) is 11.3 Å². The summed E-state index contributed by atoms with van der Waals surface area (Å²) >= 11 is 3.28. The van der Waals surface area contributed by atoms with E-state index in [0.29, 0.717) is 5.75 Å². The fourth-order valence-electron chi connectivity index (χ4n) is 1.36. The summed E-state index contributed by atoms with van der Waals surface area (Å²) in [7, 11) is 0. The predicted octanol–water partition coefficient (Wildman–Crippen LogP) is 2.44. The molecule has 2 aromatic heterocycles. The molecular formula is C12H10BrN3O2. The molecule has 1 amide bonds. The molecular weight excluding hydrogens is 298 g/mol. The molecule has 0 aliphatic rings. The maximum Gasteiger partial charge on any atom is 0.254 e. The number of hydrogen-bond acceptors (Lipinski definition) is 4. The molecule has 2 aromatic rings. The average molecular weight is 308 g/mol. The summed E-state index contributed by atoms with van der Waals surface area (Å²) in [4.78, 5) is 19.4. The monoisotopic (exact) mass is 307 g/mol. The summed E-state index contributed by atoms with van der Waals surface area (Å²) in [5.41, 5.74) is 6.24. The van der Waals surface area contributed by atoms with Crippen LogP contribution in [0.4, 0.5) is 0 Å². The molecule has 0 unspecified atom stereocenters. The molecule has 18 heavy (non-hydrogen) atoms. The Morgan fingerprint density at radius 2 is 2.17 bits per heavy atom. The Kier molecular flexibility index (Phi) is 3.57. The molecule has 0 saturated heterocycles. The Hall–Kier alpha value is -1.95. The van der Waals surface area contributed by atoms with E-state index in [4.69, 9.17) is 10.5 Å². The summed E-state index contributed by atoms with van der Waals surface area (Å²) in [6, 6.07) is 5.01. The average Bonchev–Trinajstić information content (AvgIpc) is 2.28. The van der Waals surface area contributed by atoms with Gasteiger partial charge in [0.25, 0.3) is 5.91 Å². The zero-order valence-electron chi connectivity index (χ0n) is 9.55. The van der Waals surface area contributed by atoms with Gasteiger partial charge in [-0.3, -0.25) is 9.78 Å². The van der Waals surface area contributed by atoms with Crippen molar-refractivity contribution in [2.75, 3.05) is 0 Å². The number of ether oxygens (including phenoxy) is 1. The number of hydrogen-bond donors (Lipinski definition) is 1. The lowest BCUT2D eigenvalue weighted by Crippen LogP contribution is -2.13. The van der Waals surface area contributed by atoms with Crippen LogP contribution in [0.2, 0.25) is 0 Å². The first-order chi connectivity index (χ1) is 8.56. The summed E-state index contributed by atoms with van der Waals surface area (Å²) in [5, 5.41) is 0. The second-order valence-corrected chi connectivity index (χ2v) is 4.53. The van der Waals surface area contributed by atoms with Crippen molar-refractivity contribution in [2.45, 2.75) is 6.92 Å². The summed E-state index contributed by atoms with van der Waals surface area (Å²) in [6.45, 7) is 1.80. The van der Waals surface area contributed by atoms with Crippen LogP contribution in [0.15, 0.2) is 35.1 Å². The minimum atomic E-state index is -0.583. The highest BCUT2D eigenvalue weighted by molar-refractivity contribution is 9.10. The fourth-order valence-corrected chi connectivity index (χ4v) is 1.70. The van der Waals surface area contributed by atoms with E-state index in [2.05, 4.69) is 25.9 Å². The molecule has 0 saturated carbocycles. The highest BCUT2D eigenvalue weighted by Crippen LogP contribution is 2.24. The minimum absolute atomic E-state index is 0.183. The molecule has 2 heterocycles. The van der Waals surface area contributed by atoms with E-state index in [1.807, 2.05) is 0 Å². The third-order valence-electron chi connectivity index (χ3n) is 2.16. The Morgan fingerprint density at radius 1 is 1.39 bits per heavy atom. The molecule has 0 aliphatic heterocycles. The third-order valence-corrected chi connectivity index (χ3v) is 2.59. The first kappa shape index (κ1) is 12.5. The number of rotatable bonds is 3. The maximum absolute atomic E-state index is 11.3. The van der Waals surface area contributed by atoms with Crippen LogP contribution in [0.5, 0.6) is 11.6 Å². The molecule has 6 heteroatoms. The number of carbonyl (C=O) groups is 1. The van der Waals surface area contributed by atoms with Gasteiger partial charge in [0.15, 0.2) is 0 Å². The van der Waals surface area contributed by atoms with Crippen molar-refractivity contribution in [3.63, 3.8) is 0 Å². The van der Waals surface area contributed by atoms with Crippen molar-refractivity contribution in [1.29, 1.82) is 0 Å². The van der Waals surface area contributed by atoms with Gasteiger partial charge in [0, 0.05) is 16.4 Å². The molecule has 0 radical (unpaired) electrons. The van der Waals surface area contributed by atoms with Crippen LogP contribution in [0.1, 0.15) is 16.1 Å². The van der Waals surface area contributed by atoms with Gasteiger partial charge in [-0.1, -0.05) is 0 Å². The standard InChI is InChI=1S/C12H10BrN3O2/c1-7-2-3-10(11(14)17)12(16-7)18-9-4-8(13)5-15-6-9/h2-6H,1H3,(H2,14,17). The number of primary amides is 1. The van der Waals surface area contributed by atoms with Gasteiger partial charge in [-0.25, -0.2) is 4.98 Å². The number of nitrogens with two attached hydrogens (primary N) is 1. The van der Waals surface area contributed by atoms with Crippen LogP contribution in [-0.4, -0.2) is 15.9 Å². The molecule has 0 atom stereocenters. The van der Waals surface area contributed by atoms with E-state index >= 15 is 0 Å².